The van der Waals surface area contributed by atoms with E-state index in [0.717, 1.165) is 0 Å². The summed E-state index contributed by atoms with van der Waals surface area (Å²) < 4.78 is 0. The monoisotopic (exact) mass is 176 g/mol. The Labute approximate surface area is 71.8 Å². The molecule has 1 atom stereocenters. The van der Waals surface area contributed by atoms with Gasteiger partial charge in [-0.25, -0.2) is 0 Å². The van der Waals surface area contributed by atoms with Crippen molar-refractivity contribution < 1.29 is 20.1 Å². The molecule has 0 aromatic heterocycles. The van der Waals surface area contributed by atoms with Gasteiger partial charge in [0.15, 0.2) is 0 Å². The lowest BCUT2D eigenvalue weighted by atomic mass is 9.82. The van der Waals surface area contributed by atoms with Crippen molar-refractivity contribution in [1.29, 1.82) is 0 Å². The molecule has 0 radical (unpaired) electrons. The molecule has 72 valence electrons. The van der Waals surface area contributed by atoms with Crippen LogP contribution >= 0.6 is 0 Å². The molecule has 0 saturated heterocycles. The minimum absolute atomic E-state index is 0.256. The molecule has 0 amide bonds. The third kappa shape index (κ3) is 2.27. The molecule has 0 fully saturated rings. The summed E-state index contributed by atoms with van der Waals surface area (Å²) in [5.41, 5.74) is -1.12. The second kappa shape index (κ2) is 4.54. The minimum Gasteiger partial charge on any atom is -0.396 e. The number of aliphatic hydroxyl groups excluding tert-OH is 3. The SMILES string of the molecule is CC(CO)C(=O)C(C)(CO)CO. The van der Waals surface area contributed by atoms with Gasteiger partial charge in [0, 0.05) is 5.92 Å². The Morgan fingerprint density at radius 2 is 1.75 bits per heavy atom. The number of hydrogen-bond donors (Lipinski definition) is 3. The van der Waals surface area contributed by atoms with Crippen LogP contribution in [-0.2, 0) is 4.79 Å². The molecule has 4 nitrogen and oxygen atoms in total. The van der Waals surface area contributed by atoms with Crippen molar-refractivity contribution in [3.8, 4) is 0 Å². The quantitative estimate of drug-likeness (QED) is 0.511. The van der Waals surface area contributed by atoms with Crippen molar-refractivity contribution in [1.82, 2.24) is 0 Å². The largest absolute Gasteiger partial charge is 0.396 e. The van der Waals surface area contributed by atoms with Crippen LogP contribution < -0.4 is 0 Å². The van der Waals surface area contributed by atoms with Gasteiger partial charge in [0.2, 0.25) is 0 Å². The third-order valence-electron chi connectivity index (χ3n) is 2.01. The summed E-state index contributed by atoms with van der Waals surface area (Å²) in [4.78, 5) is 11.4. The second-order valence-corrected chi connectivity index (χ2v) is 3.32. The molecule has 4 heteroatoms. The molecule has 0 rings (SSSR count). The molecule has 12 heavy (non-hydrogen) atoms. The van der Waals surface area contributed by atoms with Crippen LogP contribution in [0.25, 0.3) is 0 Å². The van der Waals surface area contributed by atoms with Gasteiger partial charge in [0.25, 0.3) is 0 Å². The van der Waals surface area contributed by atoms with Gasteiger partial charge in [0.05, 0.1) is 25.2 Å². The van der Waals surface area contributed by atoms with E-state index in [1.165, 1.54) is 6.92 Å². The van der Waals surface area contributed by atoms with E-state index >= 15 is 0 Å². The van der Waals surface area contributed by atoms with Crippen LogP contribution in [-0.4, -0.2) is 40.9 Å². The Bertz CT molecular complexity index is 151. The highest BCUT2D eigenvalue weighted by molar-refractivity contribution is 5.86. The normalized spacial score (nSPS) is 14.4. The third-order valence-corrected chi connectivity index (χ3v) is 2.01. The molecule has 0 spiro atoms. The van der Waals surface area contributed by atoms with E-state index in [-0.39, 0.29) is 12.4 Å². The molecule has 0 bridgehead atoms. The van der Waals surface area contributed by atoms with Crippen LogP contribution in [0, 0.1) is 11.3 Å². The van der Waals surface area contributed by atoms with Crippen molar-refractivity contribution in [3.63, 3.8) is 0 Å². The predicted molar refractivity (Wildman–Crippen MR) is 43.5 cm³/mol. The van der Waals surface area contributed by atoms with Gasteiger partial charge in [-0.1, -0.05) is 6.92 Å². The molecular formula is C8H16O4. The van der Waals surface area contributed by atoms with Gasteiger partial charge in [0.1, 0.15) is 5.78 Å². The molecule has 0 aromatic rings. The number of rotatable bonds is 5. The Morgan fingerprint density at radius 3 is 2.00 bits per heavy atom. The molecule has 0 aliphatic rings. The lowest BCUT2D eigenvalue weighted by molar-refractivity contribution is -0.137. The summed E-state index contributed by atoms with van der Waals surface area (Å²) in [6, 6.07) is 0. The summed E-state index contributed by atoms with van der Waals surface area (Å²) in [6.45, 7) is 1.99. The van der Waals surface area contributed by atoms with Crippen molar-refractivity contribution in [3.05, 3.63) is 0 Å². The highest BCUT2D eigenvalue weighted by Gasteiger charge is 2.34. The van der Waals surface area contributed by atoms with Crippen LogP contribution in [0.2, 0.25) is 0 Å². The van der Waals surface area contributed by atoms with Crippen LogP contribution in [0.4, 0.5) is 0 Å². The zero-order valence-corrected chi connectivity index (χ0v) is 7.45. The summed E-state index contributed by atoms with van der Waals surface area (Å²) in [5, 5.41) is 26.4. The fraction of sp³-hybridized carbons (Fsp3) is 0.875. The van der Waals surface area contributed by atoms with Crippen LogP contribution in [0.5, 0.6) is 0 Å². The van der Waals surface area contributed by atoms with Crippen molar-refractivity contribution in [2.24, 2.45) is 11.3 Å². The van der Waals surface area contributed by atoms with Crippen molar-refractivity contribution in [2.45, 2.75) is 13.8 Å². The number of carbonyl (C=O) groups is 1. The van der Waals surface area contributed by atoms with Crippen molar-refractivity contribution >= 4 is 5.78 Å². The van der Waals surface area contributed by atoms with Gasteiger partial charge in [-0.05, 0) is 6.92 Å². The Hall–Kier alpha value is -0.450. The highest BCUT2D eigenvalue weighted by Crippen LogP contribution is 2.20. The smallest absolute Gasteiger partial charge is 0.148 e. The molecule has 0 aliphatic carbocycles. The maximum atomic E-state index is 11.4. The summed E-state index contributed by atoms with van der Waals surface area (Å²) >= 11 is 0. The van der Waals surface area contributed by atoms with E-state index in [9.17, 15) is 4.79 Å². The van der Waals surface area contributed by atoms with Gasteiger partial charge >= 0.3 is 0 Å². The number of aliphatic hydroxyl groups is 3. The number of Topliss-reactive ketones (excluding diaryl/α,β-unsaturated/α-hetero) is 1. The number of carbonyl (C=O) groups excluding carboxylic acids is 1. The average molecular weight is 176 g/mol. The Kier molecular flexibility index (Phi) is 4.37. The fourth-order valence-corrected chi connectivity index (χ4v) is 0.884. The predicted octanol–water partition coefficient (Wildman–Crippen LogP) is -0.825. The maximum absolute atomic E-state index is 11.4. The standard InChI is InChI=1S/C8H16O4/c1-6(3-9)7(12)8(2,4-10)5-11/h6,9-11H,3-5H2,1-2H3. The zero-order chi connectivity index (χ0) is 9.78. The first kappa shape index (κ1) is 11.6. The molecule has 0 saturated carbocycles. The van der Waals surface area contributed by atoms with E-state index < -0.39 is 24.5 Å². The molecule has 1 unspecified atom stereocenters. The average Bonchev–Trinajstić information content (AvgIpc) is 2.14. The highest BCUT2D eigenvalue weighted by atomic mass is 16.3. The number of hydrogen-bond acceptors (Lipinski definition) is 4. The maximum Gasteiger partial charge on any atom is 0.148 e. The van der Waals surface area contributed by atoms with E-state index in [2.05, 4.69) is 0 Å². The van der Waals surface area contributed by atoms with Gasteiger partial charge in [-0.15, -0.1) is 0 Å². The molecule has 3 N–H and O–H groups in total. The van der Waals surface area contributed by atoms with E-state index in [4.69, 9.17) is 15.3 Å². The van der Waals surface area contributed by atoms with Gasteiger partial charge in [-0.3, -0.25) is 4.79 Å². The Balaban J connectivity index is 4.41. The molecule has 0 heterocycles. The summed E-state index contributed by atoms with van der Waals surface area (Å²) in [5.74, 6) is -0.843. The summed E-state index contributed by atoms with van der Waals surface area (Å²) in [6.07, 6.45) is 0. The first-order valence-electron chi connectivity index (χ1n) is 3.88. The lowest BCUT2D eigenvalue weighted by Crippen LogP contribution is -2.40. The first-order chi connectivity index (χ1) is 5.51. The minimum atomic E-state index is -1.12. The van der Waals surface area contributed by atoms with Crippen molar-refractivity contribution in [2.75, 3.05) is 19.8 Å². The van der Waals surface area contributed by atoms with Crippen LogP contribution in [0.3, 0.4) is 0 Å². The van der Waals surface area contributed by atoms with Gasteiger partial charge < -0.3 is 15.3 Å². The Morgan fingerprint density at radius 1 is 1.33 bits per heavy atom. The topological polar surface area (TPSA) is 77.8 Å². The lowest BCUT2D eigenvalue weighted by Gasteiger charge is -2.25. The van der Waals surface area contributed by atoms with Gasteiger partial charge in [-0.2, -0.15) is 0 Å². The summed E-state index contributed by atoms with van der Waals surface area (Å²) in [7, 11) is 0. The van der Waals surface area contributed by atoms with E-state index in [1.54, 1.807) is 6.92 Å². The van der Waals surface area contributed by atoms with Crippen LogP contribution in [0.15, 0.2) is 0 Å². The van der Waals surface area contributed by atoms with E-state index in [1.807, 2.05) is 0 Å². The molecule has 0 aromatic carbocycles. The van der Waals surface area contributed by atoms with E-state index in [0.29, 0.717) is 0 Å². The first-order valence-corrected chi connectivity index (χ1v) is 3.88. The second-order valence-electron chi connectivity index (χ2n) is 3.32. The molecular weight excluding hydrogens is 160 g/mol. The molecule has 0 aliphatic heterocycles. The number of ketones is 1. The van der Waals surface area contributed by atoms with Crippen LogP contribution in [0.1, 0.15) is 13.8 Å². The zero-order valence-electron chi connectivity index (χ0n) is 7.45. The fourth-order valence-electron chi connectivity index (χ4n) is 0.884.